The molecule has 112 valence electrons. The molecule has 1 fully saturated rings. The Hall–Kier alpha value is -2.09. The number of carbonyl (C=O) groups is 1. The van der Waals surface area contributed by atoms with Gasteiger partial charge in [0.2, 0.25) is 5.91 Å². The van der Waals surface area contributed by atoms with Gasteiger partial charge in [0.25, 0.3) is 0 Å². The Morgan fingerprint density at radius 2 is 1.95 bits per heavy atom. The Bertz CT molecular complexity index is 531. The highest BCUT2D eigenvalue weighted by Gasteiger charge is 2.25. The average Bonchev–Trinajstić information content (AvgIpc) is 2.46. The molecule has 2 rings (SSSR count). The highest BCUT2D eigenvalue weighted by atomic mass is 16.2. The number of aromatic nitrogens is 1. The number of pyridine rings is 1. The summed E-state index contributed by atoms with van der Waals surface area (Å²) in [6.45, 7) is 9.29. The lowest BCUT2D eigenvalue weighted by atomic mass is 9.91. The fourth-order valence-corrected chi connectivity index (χ4v) is 2.39. The van der Waals surface area contributed by atoms with E-state index < -0.39 is 0 Å². The van der Waals surface area contributed by atoms with Crippen molar-refractivity contribution in [2.45, 2.75) is 27.2 Å². The van der Waals surface area contributed by atoms with Gasteiger partial charge in [0.1, 0.15) is 11.9 Å². The Morgan fingerprint density at radius 1 is 1.29 bits per heavy atom. The van der Waals surface area contributed by atoms with E-state index in [0.717, 1.165) is 32.0 Å². The molecule has 1 aliphatic rings. The number of nitriles is 1. The van der Waals surface area contributed by atoms with Crippen molar-refractivity contribution in [2.75, 3.05) is 31.1 Å². The molecule has 0 saturated carbocycles. The van der Waals surface area contributed by atoms with Gasteiger partial charge in [-0.25, -0.2) is 4.98 Å². The molecule has 0 aromatic carbocycles. The summed E-state index contributed by atoms with van der Waals surface area (Å²) in [7, 11) is 0. The molecule has 0 unspecified atom stereocenters. The number of hydrogen-bond acceptors (Lipinski definition) is 4. The molecule has 0 aliphatic carbocycles. The van der Waals surface area contributed by atoms with E-state index in [4.69, 9.17) is 5.26 Å². The van der Waals surface area contributed by atoms with Crippen molar-refractivity contribution >= 4 is 11.7 Å². The van der Waals surface area contributed by atoms with Crippen LogP contribution < -0.4 is 4.90 Å². The molecule has 1 aromatic heterocycles. The fraction of sp³-hybridized carbons (Fsp3) is 0.562. The van der Waals surface area contributed by atoms with E-state index in [2.05, 4.69) is 36.7 Å². The van der Waals surface area contributed by atoms with Gasteiger partial charge in [-0.05, 0) is 17.5 Å². The van der Waals surface area contributed by atoms with E-state index in [-0.39, 0.29) is 11.3 Å². The maximum Gasteiger partial charge on any atom is 0.223 e. The molecule has 0 spiro atoms. The van der Waals surface area contributed by atoms with Crippen LogP contribution in [-0.4, -0.2) is 42.0 Å². The first-order valence-corrected chi connectivity index (χ1v) is 7.28. The molecule has 0 bridgehead atoms. The van der Waals surface area contributed by atoms with E-state index in [0.29, 0.717) is 12.0 Å². The van der Waals surface area contributed by atoms with Gasteiger partial charge in [0.15, 0.2) is 0 Å². The lowest BCUT2D eigenvalue weighted by molar-refractivity contribution is -0.133. The molecule has 2 heterocycles. The van der Waals surface area contributed by atoms with Crippen LogP contribution in [0.25, 0.3) is 0 Å². The predicted octanol–water partition coefficient (Wildman–Crippen LogP) is 2.04. The predicted molar refractivity (Wildman–Crippen MR) is 81.8 cm³/mol. The number of carbonyl (C=O) groups excluding carboxylic acids is 1. The first kappa shape index (κ1) is 15.3. The summed E-state index contributed by atoms with van der Waals surface area (Å²) in [5.74, 6) is 1.10. The van der Waals surface area contributed by atoms with Gasteiger partial charge in [-0.3, -0.25) is 4.79 Å². The Labute approximate surface area is 126 Å². The number of anilines is 1. The summed E-state index contributed by atoms with van der Waals surface area (Å²) in [5, 5.41) is 8.78. The third-order valence-electron chi connectivity index (χ3n) is 3.51. The van der Waals surface area contributed by atoms with E-state index in [9.17, 15) is 4.79 Å². The van der Waals surface area contributed by atoms with Gasteiger partial charge in [-0.2, -0.15) is 5.26 Å². The van der Waals surface area contributed by atoms with Gasteiger partial charge < -0.3 is 9.80 Å². The minimum Gasteiger partial charge on any atom is -0.353 e. The van der Waals surface area contributed by atoms with E-state index in [1.54, 1.807) is 12.3 Å². The number of rotatable bonds is 2. The molecule has 5 heteroatoms. The summed E-state index contributed by atoms with van der Waals surface area (Å²) in [6.07, 6.45) is 2.18. The molecule has 0 radical (unpaired) electrons. The van der Waals surface area contributed by atoms with Crippen LogP contribution in [0.15, 0.2) is 18.3 Å². The summed E-state index contributed by atoms with van der Waals surface area (Å²) in [6, 6.07) is 5.71. The maximum atomic E-state index is 12.2. The standard InChI is InChI=1S/C16H22N4O/c1-16(2,3)10-15(21)20-8-6-19(7-9-20)14-5-4-13(11-17)12-18-14/h4-5,12H,6-10H2,1-3H3. The fourth-order valence-electron chi connectivity index (χ4n) is 2.39. The molecule has 5 nitrogen and oxygen atoms in total. The average molecular weight is 286 g/mol. The zero-order valence-electron chi connectivity index (χ0n) is 13.0. The van der Waals surface area contributed by atoms with Gasteiger partial charge >= 0.3 is 0 Å². The summed E-state index contributed by atoms with van der Waals surface area (Å²) in [5.41, 5.74) is 0.598. The lowest BCUT2D eigenvalue weighted by Crippen LogP contribution is -2.49. The largest absolute Gasteiger partial charge is 0.353 e. The van der Waals surface area contributed by atoms with Crippen LogP contribution in [0.2, 0.25) is 0 Å². The SMILES string of the molecule is CC(C)(C)CC(=O)N1CCN(c2ccc(C#N)cn2)CC1. The summed E-state index contributed by atoms with van der Waals surface area (Å²) in [4.78, 5) is 20.6. The maximum absolute atomic E-state index is 12.2. The Morgan fingerprint density at radius 3 is 2.43 bits per heavy atom. The molecular weight excluding hydrogens is 264 g/mol. The molecule has 1 saturated heterocycles. The third-order valence-corrected chi connectivity index (χ3v) is 3.51. The highest BCUT2D eigenvalue weighted by molar-refractivity contribution is 5.77. The molecular formula is C16H22N4O. The molecule has 0 N–H and O–H groups in total. The molecule has 1 aliphatic heterocycles. The van der Waals surface area contributed by atoms with Gasteiger partial charge in [0, 0.05) is 38.8 Å². The third kappa shape index (κ3) is 4.19. The number of hydrogen-bond donors (Lipinski definition) is 0. The van der Waals surface area contributed by atoms with Crippen LogP contribution in [0.3, 0.4) is 0 Å². The van der Waals surface area contributed by atoms with E-state index in [1.807, 2.05) is 11.0 Å². The molecule has 1 aromatic rings. The van der Waals surface area contributed by atoms with E-state index >= 15 is 0 Å². The van der Waals surface area contributed by atoms with Crippen molar-refractivity contribution in [3.63, 3.8) is 0 Å². The van der Waals surface area contributed by atoms with Crippen LogP contribution in [0.1, 0.15) is 32.8 Å². The summed E-state index contributed by atoms with van der Waals surface area (Å²) >= 11 is 0. The Kier molecular flexibility index (Phi) is 4.46. The second kappa shape index (κ2) is 6.13. The minimum absolute atomic E-state index is 0.0307. The van der Waals surface area contributed by atoms with Crippen molar-refractivity contribution in [1.82, 2.24) is 9.88 Å². The number of piperazine rings is 1. The highest BCUT2D eigenvalue weighted by Crippen LogP contribution is 2.21. The van der Waals surface area contributed by atoms with Crippen molar-refractivity contribution in [2.24, 2.45) is 5.41 Å². The number of nitrogens with zero attached hydrogens (tertiary/aromatic N) is 4. The van der Waals surface area contributed by atoms with Crippen LogP contribution in [-0.2, 0) is 4.79 Å². The second-order valence-corrected chi connectivity index (χ2v) is 6.62. The van der Waals surface area contributed by atoms with Crippen LogP contribution in [0, 0.1) is 16.7 Å². The lowest BCUT2D eigenvalue weighted by Gasteiger charge is -2.36. The van der Waals surface area contributed by atoms with Crippen LogP contribution >= 0.6 is 0 Å². The van der Waals surface area contributed by atoms with Crippen LogP contribution in [0.4, 0.5) is 5.82 Å². The first-order chi connectivity index (χ1) is 9.89. The van der Waals surface area contributed by atoms with Crippen molar-refractivity contribution in [1.29, 1.82) is 5.26 Å². The zero-order valence-corrected chi connectivity index (χ0v) is 13.0. The Balaban J connectivity index is 1.91. The van der Waals surface area contributed by atoms with Crippen molar-refractivity contribution in [3.05, 3.63) is 23.9 Å². The zero-order chi connectivity index (χ0) is 15.5. The van der Waals surface area contributed by atoms with Crippen LogP contribution in [0.5, 0.6) is 0 Å². The quantitative estimate of drug-likeness (QED) is 0.834. The topological polar surface area (TPSA) is 60.2 Å². The smallest absolute Gasteiger partial charge is 0.223 e. The molecule has 0 atom stereocenters. The number of amides is 1. The molecule has 21 heavy (non-hydrogen) atoms. The molecule has 1 amide bonds. The van der Waals surface area contributed by atoms with Crippen molar-refractivity contribution in [3.8, 4) is 6.07 Å². The summed E-state index contributed by atoms with van der Waals surface area (Å²) < 4.78 is 0. The minimum atomic E-state index is 0.0307. The monoisotopic (exact) mass is 286 g/mol. The first-order valence-electron chi connectivity index (χ1n) is 7.28. The van der Waals surface area contributed by atoms with Crippen molar-refractivity contribution < 1.29 is 4.79 Å². The van der Waals surface area contributed by atoms with Gasteiger partial charge in [-0.15, -0.1) is 0 Å². The van der Waals surface area contributed by atoms with Gasteiger partial charge in [0.05, 0.1) is 5.56 Å². The normalized spacial score (nSPS) is 15.7. The van der Waals surface area contributed by atoms with Gasteiger partial charge in [-0.1, -0.05) is 20.8 Å². The second-order valence-electron chi connectivity index (χ2n) is 6.62. The van der Waals surface area contributed by atoms with E-state index in [1.165, 1.54) is 0 Å².